The van der Waals surface area contributed by atoms with Gasteiger partial charge in [0.25, 0.3) is 0 Å². The Morgan fingerprint density at radius 2 is 1.83 bits per heavy atom. The minimum Gasteiger partial charge on any atom is -0.469 e. The molecule has 0 aromatic carbocycles. The summed E-state index contributed by atoms with van der Waals surface area (Å²) in [5, 5.41) is 0. The molecule has 0 aliphatic heterocycles. The number of rotatable bonds is 8. The molecular formula is C10H19O7P. The molecule has 7 nitrogen and oxygen atoms in total. The van der Waals surface area contributed by atoms with Gasteiger partial charge in [0.2, 0.25) is 8.03 Å². The molecular weight excluding hydrogens is 263 g/mol. The zero-order valence-corrected chi connectivity index (χ0v) is 11.9. The molecule has 0 N–H and O–H groups in total. The summed E-state index contributed by atoms with van der Waals surface area (Å²) in [7, 11) is -0.282. The molecule has 0 heterocycles. The van der Waals surface area contributed by atoms with Crippen molar-refractivity contribution in [2.45, 2.75) is 32.2 Å². The first-order valence-corrected chi connectivity index (χ1v) is 6.82. The summed E-state index contributed by atoms with van der Waals surface area (Å²) >= 11 is 0. The molecule has 0 saturated carbocycles. The van der Waals surface area contributed by atoms with Crippen LogP contribution in [0.4, 0.5) is 0 Å². The zero-order valence-electron chi connectivity index (χ0n) is 10.9. The van der Waals surface area contributed by atoms with Crippen molar-refractivity contribution >= 4 is 20.0 Å². The SMILES string of the molecule is CCOC(C)[PH](=O)OC(CC(=O)OC)C(=O)OC. The van der Waals surface area contributed by atoms with Crippen LogP contribution in [0, 0.1) is 0 Å². The number of carbonyl (C=O) groups excluding carboxylic acids is 2. The largest absolute Gasteiger partial charge is 0.469 e. The molecule has 0 spiro atoms. The third-order valence-electron chi connectivity index (χ3n) is 2.05. The first-order chi connectivity index (χ1) is 8.46. The second kappa shape index (κ2) is 9.08. The molecule has 0 aromatic rings. The maximum Gasteiger partial charge on any atom is 0.336 e. The fourth-order valence-electron chi connectivity index (χ4n) is 1.09. The summed E-state index contributed by atoms with van der Waals surface area (Å²) in [4.78, 5) is 22.4. The highest BCUT2D eigenvalue weighted by molar-refractivity contribution is 7.39. The van der Waals surface area contributed by atoms with Crippen LogP contribution in [0.5, 0.6) is 0 Å². The molecule has 0 amide bonds. The third-order valence-corrected chi connectivity index (χ3v) is 3.40. The van der Waals surface area contributed by atoms with Gasteiger partial charge in [-0.1, -0.05) is 0 Å². The van der Waals surface area contributed by atoms with E-state index in [-0.39, 0.29) is 6.42 Å². The average Bonchev–Trinajstić information content (AvgIpc) is 2.36. The van der Waals surface area contributed by atoms with Crippen molar-refractivity contribution in [1.29, 1.82) is 0 Å². The lowest BCUT2D eigenvalue weighted by atomic mass is 10.2. The molecule has 0 rings (SSSR count). The van der Waals surface area contributed by atoms with Crippen LogP contribution in [0.15, 0.2) is 0 Å². The van der Waals surface area contributed by atoms with E-state index in [4.69, 9.17) is 9.26 Å². The number of carbonyl (C=O) groups is 2. The summed E-state index contributed by atoms with van der Waals surface area (Å²) in [5.41, 5.74) is 0. The van der Waals surface area contributed by atoms with E-state index >= 15 is 0 Å². The van der Waals surface area contributed by atoms with Gasteiger partial charge in [0.15, 0.2) is 6.10 Å². The van der Waals surface area contributed by atoms with E-state index in [2.05, 4.69) is 9.47 Å². The molecule has 0 saturated heterocycles. The molecule has 3 unspecified atom stereocenters. The Kier molecular flexibility index (Phi) is 8.62. The van der Waals surface area contributed by atoms with Gasteiger partial charge in [-0.15, -0.1) is 0 Å². The van der Waals surface area contributed by atoms with E-state index in [0.29, 0.717) is 6.61 Å². The summed E-state index contributed by atoms with van der Waals surface area (Å²) in [6.45, 7) is 3.69. The lowest BCUT2D eigenvalue weighted by Gasteiger charge is -2.17. The van der Waals surface area contributed by atoms with E-state index < -0.39 is 31.9 Å². The normalized spacial score (nSPS) is 15.6. The molecule has 106 valence electrons. The van der Waals surface area contributed by atoms with Crippen LogP contribution in [-0.4, -0.2) is 44.7 Å². The maximum atomic E-state index is 11.7. The monoisotopic (exact) mass is 282 g/mol. The fourth-order valence-corrected chi connectivity index (χ4v) is 2.05. The maximum absolute atomic E-state index is 11.7. The van der Waals surface area contributed by atoms with E-state index in [0.717, 1.165) is 7.11 Å². The first kappa shape index (κ1) is 17.1. The quantitative estimate of drug-likeness (QED) is 0.484. The molecule has 0 radical (unpaired) electrons. The second-order valence-electron chi connectivity index (χ2n) is 3.33. The van der Waals surface area contributed by atoms with Gasteiger partial charge in [-0.2, -0.15) is 0 Å². The minimum absolute atomic E-state index is 0.349. The van der Waals surface area contributed by atoms with Gasteiger partial charge < -0.3 is 18.7 Å². The van der Waals surface area contributed by atoms with Gasteiger partial charge in [0, 0.05) is 6.61 Å². The van der Waals surface area contributed by atoms with Crippen molar-refractivity contribution in [3.8, 4) is 0 Å². The Labute approximate surface area is 107 Å². The Bertz CT molecular complexity index is 305. The summed E-state index contributed by atoms with van der Waals surface area (Å²) < 4.78 is 30.7. The van der Waals surface area contributed by atoms with Gasteiger partial charge in [0.05, 0.1) is 20.6 Å². The predicted molar refractivity (Wildman–Crippen MR) is 63.6 cm³/mol. The number of methoxy groups -OCH3 is 2. The van der Waals surface area contributed by atoms with Crippen molar-refractivity contribution in [3.05, 3.63) is 0 Å². The van der Waals surface area contributed by atoms with Gasteiger partial charge in [-0.25, -0.2) is 4.79 Å². The van der Waals surface area contributed by atoms with Gasteiger partial charge in [-0.3, -0.25) is 9.36 Å². The highest BCUT2D eigenvalue weighted by Crippen LogP contribution is 2.32. The topological polar surface area (TPSA) is 88.1 Å². The van der Waals surface area contributed by atoms with Gasteiger partial charge >= 0.3 is 11.9 Å². The van der Waals surface area contributed by atoms with Crippen LogP contribution in [0.3, 0.4) is 0 Å². The van der Waals surface area contributed by atoms with Crippen molar-refractivity contribution in [2.24, 2.45) is 0 Å². The minimum atomic E-state index is -2.62. The number of hydrogen-bond donors (Lipinski definition) is 0. The van der Waals surface area contributed by atoms with Crippen molar-refractivity contribution < 1.29 is 32.9 Å². The Morgan fingerprint density at radius 1 is 1.22 bits per heavy atom. The zero-order chi connectivity index (χ0) is 14.1. The molecule has 3 atom stereocenters. The summed E-state index contributed by atoms with van der Waals surface area (Å²) in [6, 6.07) is 0. The van der Waals surface area contributed by atoms with Crippen LogP contribution in [0.2, 0.25) is 0 Å². The van der Waals surface area contributed by atoms with E-state index in [1.54, 1.807) is 13.8 Å². The molecule has 0 aromatic heterocycles. The molecule has 8 heteroatoms. The first-order valence-electron chi connectivity index (χ1n) is 5.42. The predicted octanol–water partition coefficient (Wildman–Crippen LogP) is 0.965. The molecule has 0 aliphatic carbocycles. The van der Waals surface area contributed by atoms with Crippen LogP contribution in [0.25, 0.3) is 0 Å². The highest BCUT2D eigenvalue weighted by atomic mass is 31.1. The van der Waals surface area contributed by atoms with Crippen molar-refractivity contribution in [3.63, 3.8) is 0 Å². The van der Waals surface area contributed by atoms with Crippen LogP contribution < -0.4 is 0 Å². The standard InChI is InChI=1S/C10H19O7P/c1-5-16-7(2)18(13)17-8(10(12)15-4)6-9(11)14-3/h7-8,18H,5-6H2,1-4H3. The van der Waals surface area contributed by atoms with Gasteiger partial charge in [-0.05, 0) is 13.8 Å². The molecule has 18 heavy (non-hydrogen) atoms. The van der Waals surface area contributed by atoms with Crippen LogP contribution in [-0.2, 0) is 32.9 Å². The lowest BCUT2D eigenvalue weighted by Crippen LogP contribution is -2.28. The van der Waals surface area contributed by atoms with E-state index in [9.17, 15) is 14.2 Å². The second-order valence-corrected chi connectivity index (χ2v) is 5.01. The average molecular weight is 282 g/mol. The Morgan fingerprint density at radius 3 is 2.28 bits per heavy atom. The molecule has 0 fully saturated rings. The smallest absolute Gasteiger partial charge is 0.336 e. The number of esters is 2. The van der Waals surface area contributed by atoms with Crippen LogP contribution in [0.1, 0.15) is 20.3 Å². The van der Waals surface area contributed by atoms with Crippen LogP contribution >= 0.6 is 8.03 Å². The highest BCUT2D eigenvalue weighted by Gasteiger charge is 2.28. The van der Waals surface area contributed by atoms with E-state index in [1.165, 1.54) is 7.11 Å². The lowest BCUT2D eigenvalue weighted by molar-refractivity contribution is -0.155. The molecule has 0 aliphatic rings. The Hall–Kier alpha value is -0.910. The fraction of sp³-hybridized carbons (Fsp3) is 0.800. The van der Waals surface area contributed by atoms with Crippen molar-refractivity contribution in [1.82, 2.24) is 0 Å². The molecule has 0 bridgehead atoms. The third kappa shape index (κ3) is 6.14. The van der Waals surface area contributed by atoms with Gasteiger partial charge in [0.1, 0.15) is 5.85 Å². The number of hydrogen-bond acceptors (Lipinski definition) is 7. The number of ether oxygens (including phenoxy) is 3. The summed E-state index contributed by atoms with van der Waals surface area (Å²) in [5.74, 6) is -2.06. The summed E-state index contributed by atoms with van der Waals surface area (Å²) in [6.07, 6.45) is -1.59. The van der Waals surface area contributed by atoms with Crippen molar-refractivity contribution in [2.75, 3.05) is 20.8 Å². The van der Waals surface area contributed by atoms with E-state index in [1.807, 2.05) is 0 Å². The Balaban J connectivity index is 4.53.